The Bertz CT molecular complexity index is 862. The highest BCUT2D eigenvalue weighted by atomic mass is 16.2. The molecule has 2 aromatic rings. The quantitative estimate of drug-likeness (QED) is 0.597. The standard InChI is InChI=1S/C20H28N8O2/c1-19(2)10-14(26-18(30)28-16-23-8-5-9-24-16)11-20(3,12-19)13-25-17(29)27-15-21-6-4-7-22-15/h4-9,14H,10-13H2,1-3H3,(H2,21,22,25,27,29)(H2,23,24,26,28,30). The van der Waals surface area contributed by atoms with Gasteiger partial charge < -0.3 is 10.6 Å². The van der Waals surface area contributed by atoms with Crippen molar-refractivity contribution >= 4 is 24.0 Å². The molecule has 0 spiro atoms. The van der Waals surface area contributed by atoms with Crippen LogP contribution in [0.1, 0.15) is 40.0 Å². The third-order valence-electron chi connectivity index (χ3n) is 5.04. The Morgan fingerprint density at radius 3 is 2.00 bits per heavy atom. The summed E-state index contributed by atoms with van der Waals surface area (Å²) in [6.07, 6.45) is 8.77. The summed E-state index contributed by atoms with van der Waals surface area (Å²) in [6, 6.07) is 2.64. The maximum absolute atomic E-state index is 12.4. The molecule has 3 rings (SSSR count). The van der Waals surface area contributed by atoms with Crippen LogP contribution < -0.4 is 21.3 Å². The number of urea groups is 2. The minimum absolute atomic E-state index is 0.00882. The Morgan fingerprint density at radius 2 is 1.43 bits per heavy atom. The van der Waals surface area contributed by atoms with Crippen LogP contribution in [0.25, 0.3) is 0 Å². The maximum Gasteiger partial charge on any atom is 0.321 e. The van der Waals surface area contributed by atoms with Crippen LogP contribution in [-0.4, -0.2) is 44.6 Å². The molecule has 0 aromatic carbocycles. The maximum atomic E-state index is 12.4. The minimum atomic E-state index is -0.353. The first-order valence-corrected chi connectivity index (χ1v) is 9.90. The Kier molecular flexibility index (Phi) is 6.43. The van der Waals surface area contributed by atoms with Gasteiger partial charge in [-0.15, -0.1) is 0 Å². The number of nitrogens with one attached hydrogen (secondary N) is 4. The molecule has 1 aliphatic rings. The Labute approximate surface area is 175 Å². The molecule has 0 bridgehead atoms. The first-order chi connectivity index (χ1) is 14.2. The molecule has 2 unspecified atom stereocenters. The van der Waals surface area contributed by atoms with Crippen LogP contribution in [0.4, 0.5) is 21.5 Å². The van der Waals surface area contributed by atoms with Crippen molar-refractivity contribution in [3.8, 4) is 0 Å². The molecular formula is C20H28N8O2. The van der Waals surface area contributed by atoms with Gasteiger partial charge in [0, 0.05) is 37.4 Å². The molecule has 30 heavy (non-hydrogen) atoms. The lowest BCUT2D eigenvalue weighted by Gasteiger charge is -2.46. The molecule has 0 aliphatic heterocycles. The highest BCUT2D eigenvalue weighted by Crippen LogP contribution is 2.45. The zero-order valence-electron chi connectivity index (χ0n) is 17.5. The van der Waals surface area contributed by atoms with Crippen LogP contribution in [0.3, 0.4) is 0 Å². The average Bonchev–Trinajstić information content (AvgIpc) is 2.66. The summed E-state index contributed by atoms with van der Waals surface area (Å²) >= 11 is 0. The van der Waals surface area contributed by atoms with E-state index in [-0.39, 0.29) is 40.8 Å². The topological polar surface area (TPSA) is 134 Å². The lowest BCUT2D eigenvalue weighted by atomic mass is 9.62. The first-order valence-electron chi connectivity index (χ1n) is 9.90. The highest BCUT2D eigenvalue weighted by molar-refractivity contribution is 5.88. The van der Waals surface area contributed by atoms with Crippen molar-refractivity contribution in [2.24, 2.45) is 10.8 Å². The fourth-order valence-corrected chi connectivity index (χ4v) is 4.36. The van der Waals surface area contributed by atoms with Crippen molar-refractivity contribution in [2.45, 2.75) is 46.1 Å². The van der Waals surface area contributed by atoms with Crippen LogP contribution in [0, 0.1) is 10.8 Å². The van der Waals surface area contributed by atoms with Gasteiger partial charge in [-0.05, 0) is 42.2 Å². The molecule has 160 valence electrons. The van der Waals surface area contributed by atoms with Crippen LogP contribution in [0.15, 0.2) is 36.9 Å². The van der Waals surface area contributed by atoms with Crippen LogP contribution in [0.2, 0.25) is 0 Å². The number of aromatic nitrogens is 4. The van der Waals surface area contributed by atoms with Gasteiger partial charge in [0.05, 0.1) is 0 Å². The lowest BCUT2D eigenvalue weighted by molar-refractivity contribution is 0.0761. The number of rotatable bonds is 5. The molecular weight excluding hydrogens is 384 g/mol. The molecule has 4 amide bonds. The number of hydrogen-bond acceptors (Lipinski definition) is 6. The van der Waals surface area contributed by atoms with Gasteiger partial charge in [0.25, 0.3) is 0 Å². The molecule has 2 aromatic heterocycles. The Hall–Kier alpha value is -3.30. The second-order valence-corrected chi connectivity index (χ2v) is 8.81. The van der Waals surface area contributed by atoms with Gasteiger partial charge in [-0.3, -0.25) is 10.6 Å². The second kappa shape index (κ2) is 9.02. The zero-order valence-corrected chi connectivity index (χ0v) is 17.5. The number of anilines is 2. The fourth-order valence-electron chi connectivity index (χ4n) is 4.36. The summed E-state index contributed by atoms with van der Waals surface area (Å²) in [5.41, 5.74) is -0.174. The van der Waals surface area contributed by atoms with E-state index in [9.17, 15) is 9.59 Å². The van der Waals surface area contributed by atoms with Gasteiger partial charge in [0.15, 0.2) is 0 Å². The van der Waals surface area contributed by atoms with E-state index in [4.69, 9.17) is 0 Å². The van der Waals surface area contributed by atoms with Gasteiger partial charge in [-0.2, -0.15) is 0 Å². The van der Waals surface area contributed by atoms with E-state index in [0.717, 1.165) is 19.3 Å². The third kappa shape index (κ3) is 6.36. The molecule has 1 fully saturated rings. The number of hydrogen-bond donors (Lipinski definition) is 4. The molecule has 0 saturated heterocycles. The number of nitrogens with zero attached hydrogens (tertiary/aromatic N) is 4. The zero-order chi connectivity index (χ0) is 21.6. The SMILES string of the molecule is CC1(C)CC(NC(=O)Nc2ncccn2)CC(C)(CNC(=O)Nc2ncccn2)C1. The average molecular weight is 412 g/mol. The van der Waals surface area contributed by atoms with Crippen molar-refractivity contribution in [2.75, 3.05) is 17.2 Å². The molecule has 4 N–H and O–H groups in total. The van der Waals surface area contributed by atoms with Gasteiger partial charge in [-0.25, -0.2) is 29.5 Å². The predicted octanol–water partition coefficient (Wildman–Crippen LogP) is 2.79. The molecule has 2 atom stereocenters. The number of amides is 4. The molecule has 10 heteroatoms. The van der Waals surface area contributed by atoms with E-state index in [1.165, 1.54) is 0 Å². The van der Waals surface area contributed by atoms with Gasteiger partial charge in [0.2, 0.25) is 11.9 Å². The molecule has 10 nitrogen and oxygen atoms in total. The largest absolute Gasteiger partial charge is 0.337 e. The van der Waals surface area contributed by atoms with Crippen molar-refractivity contribution in [1.82, 2.24) is 30.6 Å². The van der Waals surface area contributed by atoms with Crippen molar-refractivity contribution < 1.29 is 9.59 Å². The van der Waals surface area contributed by atoms with E-state index in [2.05, 4.69) is 62.0 Å². The van der Waals surface area contributed by atoms with E-state index in [1.807, 2.05) is 0 Å². The number of carbonyl (C=O) groups excluding carboxylic acids is 2. The van der Waals surface area contributed by atoms with E-state index in [1.54, 1.807) is 36.9 Å². The van der Waals surface area contributed by atoms with Crippen molar-refractivity contribution in [3.05, 3.63) is 36.9 Å². The van der Waals surface area contributed by atoms with Gasteiger partial charge >= 0.3 is 12.1 Å². The van der Waals surface area contributed by atoms with Crippen molar-refractivity contribution in [3.63, 3.8) is 0 Å². The molecule has 0 radical (unpaired) electrons. The molecule has 1 saturated carbocycles. The van der Waals surface area contributed by atoms with Crippen LogP contribution in [-0.2, 0) is 0 Å². The Balaban J connectivity index is 1.56. The van der Waals surface area contributed by atoms with Gasteiger partial charge in [0.1, 0.15) is 0 Å². The summed E-state index contributed by atoms with van der Waals surface area (Å²) in [7, 11) is 0. The van der Waals surface area contributed by atoms with E-state index in [0.29, 0.717) is 6.54 Å². The minimum Gasteiger partial charge on any atom is -0.337 e. The third-order valence-corrected chi connectivity index (χ3v) is 5.04. The summed E-state index contributed by atoms with van der Waals surface area (Å²) in [4.78, 5) is 40.6. The monoisotopic (exact) mass is 412 g/mol. The molecule has 2 heterocycles. The fraction of sp³-hybridized carbons (Fsp3) is 0.500. The predicted molar refractivity (Wildman–Crippen MR) is 113 cm³/mol. The van der Waals surface area contributed by atoms with E-state index < -0.39 is 0 Å². The smallest absolute Gasteiger partial charge is 0.321 e. The summed E-state index contributed by atoms with van der Waals surface area (Å²) < 4.78 is 0. The van der Waals surface area contributed by atoms with Gasteiger partial charge in [-0.1, -0.05) is 20.8 Å². The normalized spacial score (nSPS) is 22.6. The summed E-state index contributed by atoms with van der Waals surface area (Å²) in [5, 5.41) is 11.2. The lowest BCUT2D eigenvalue weighted by Crippen LogP contribution is -2.51. The first kappa shape index (κ1) is 21.4. The second-order valence-electron chi connectivity index (χ2n) is 8.81. The summed E-state index contributed by atoms with van der Waals surface area (Å²) in [6.45, 7) is 6.95. The van der Waals surface area contributed by atoms with Crippen LogP contribution in [0.5, 0.6) is 0 Å². The highest BCUT2D eigenvalue weighted by Gasteiger charge is 2.41. The Morgan fingerprint density at radius 1 is 0.900 bits per heavy atom. The summed E-state index contributed by atoms with van der Waals surface area (Å²) in [5.74, 6) is 0.512. The molecule has 1 aliphatic carbocycles. The van der Waals surface area contributed by atoms with E-state index >= 15 is 0 Å². The van der Waals surface area contributed by atoms with Crippen molar-refractivity contribution in [1.29, 1.82) is 0 Å². The number of carbonyl (C=O) groups is 2. The van der Waals surface area contributed by atoms with Crippen LogP contribution >= 0.6 is 0 Å².